The Balaban J connectivity index is 1.88. The number of carbonyl (C=O) groups is 2. The molecule has 2 aromatic rings. The summed E-state index contributed by atoms with van der Waals surface area (Å²) in [5.41, 5.74) is 0.810. The Hall–Kier alpha value is -2.56. The molecule has 5 nitrogen and oxygen atoms in total. The second kappa shape index (κ2) is 6.69. The van der Waals surface area contributed by atoms with Crippen LogP contribution in [0, 0.1) is 0 Å². The second-order valence-electron chi connectivity index (χ2n) is 5.71. The maximum Gasteiger partial charge on any atom is 0.250 e. The van der Waals surface area contributed by atoms with E-state index in [1.165, 1.54) is 6.92 Å². The van der Waals surface area contributed by atoms with Gasteiger partial charge in [-0.15, -0.1) is 0 Å². The molecule has 0 N–H and O–H groups in total. The van der Waals surface area contributed by atoms with Crippen LogP contribution < -0.4 is 4.90 Å². The summed E-state index contributed by atoms with van der Waals surface area (Å²) in [5, 5.41) is 0. The van der Waals surface area contributed by atoms with Crippen LogP contribution in [0.1, 0.15) is 25.5 Å². The molecule has 0 bridgehead atoms. The standard InChI is InChI=1S/C18H20N2O3/c1-14(21)19-11-5-10-17(19)18(22)20(13-16-9-6-12-23-16)15-7-3-2-4-8-15/h2-4,6-9,12,17H,5,10-11,13H2,1H3/t17-/m0/s1. The minimum atomic E-state index is -0.386. The molecule has 3 rings (SSSR count). The summed E-state index contributed by atoms with van der Waals surface area (Å²) in [7, 11) is 0. The van der Waals surface area contributed by atoms with Crippen molar-refractivity contribution in [1.82, 2.24) is 4.90 Å². The third kappa shape index (κ3) is 3.28. The van der Waals surface area contributed by atoms with Crippen LogP contribution in [0.4, 0.5) is 5.69 Å². The van der Waals surface area contributed by atoms with Gasteiger partial charge in [0.1, 0.15) is 11.8 Å². The highest BCUT2D eigenvalue weighted by Crippen LogP contribution is 2.24. The molecule has 0 radical (unpaired) electrons. The molecule has 1 atom stereocenters. The maximum atomic E-state index is 13.1. The van der Waals surface area contributed by atoms with Crippen molar-refractivity contribution in [1.29, 1.82) is 0 Å². The topological polar surface area (TPSA) is 53.8 Å². The minimum absolute atomic E-state index is 0.0492. The molecule has 1 aromatic heterocycles. The molecule has 0 unspecified atom stereocenters. The van der Waals surface area contributed by atoms with Crippen LogP contribution in [0.2, 0.25) is 0 Å². The molecule has 0 saturated carbocycles. The quantitative estimate of drug-likeness (QED) is 0.872. The summed E-state index contributed by atoms with van der Waals surface area (Å²) in [4.78, 5) is 28.2. The molecular formula is C18H20N2O3. The van der Waals surface area contributed by atoms with Gasteiger partial charge in [0.25, 0.3) is 0 Å². The van der Waals surface area contributed by atoms with Gasteiger partial charge < -0.3 is 14.2 Å². The van der Waals surface area contributed by atoms with E-state index in [0.717, 1.165) is 17.9 Å². The van der Waals surface area contributed by atoms with Gasteiger partial charge in [0.05, 0.1) is 12.8 Å². The highest BCUT2D eigenvalue weighted by molar-refractivity contribution is 5.99. The highest BCUT2D eigenvalue weighted by Gasteiger charge is 2.35. The summed E-state index contributed by atoms with van der Waals surface area (Å²) in [6, 6.07) is 12.8. The normalized spacial score (nSPS) is 17.3. The van der Waals surface area contributed by atoms with Crippen molar-refractivity contribution in [2.45, 2.75) is 32.4 Å². The summed E-state index contributed by atoms with van der Waals surface area (Å²) in [6.07, 6.45) is 3.17. The van der Waals surface area contributed by atoms with Crippen LogP contribution in [0.5, 0.6) is 0 Å². The number of benzene rings is 1. The summed E-state index contributed by atoms with van der Waals surface area (Å²) in [5.74, 6) is 0.613. The lowest BCUT2D eigenvalue weighted by molar-refractivity contribution is -0.135. The minimum Gasteiger partial charge on any atom is -0.467 e. The monoisotopic (exact) mass is 312 g/mol. The van der Waals surface area contributed by atoms with E-state index in [4.69, 9.17) is 4.42 Å². The van der Waals surface area contributed by atoms with Crippen molar-refractivity contribution in [3.8, 4) is 0 Å². The first kappa shape index (κ1) is 15.3. The lowest BCUT2D eigenvalue weighted by Crippen LogP contribution is -2.47. The van der Waals surface area contributed by atoms with E-state index in [1.807, 2.05) is 36.4 Å². The van der Waals surface area contributed by atoms with Crippen molar-refractivity contribution in [3.05, 3.63) is 54.5 Å². The van der Waals surface area contributed by atoms with E-state index in [1.54, 1.807) is 22.1 Å². The van der Waals surface area contributed by atoms with E-state index in [9.17, 15) is 9.59 Å². The molecule has 0 spiro atoms. The Kier molecular flexibility index (Phi) is 4.46. The van der Waals surface area contributed by atoms with Crippen LogP contribution in [0.25, 0.3) is 0 Å². The van der Waals surface area contributed by atoms with Gasteiger partial charge in [0.15, 0.2) is 0 Å². The molecule has 1 fully saturated rings. The number of para-hydroxylation sites is 1. The number of anilines is 1. The highest BCUT2D eigenvalue weighted by atomic mass is 16.3. The van der Waals surface area contributed by atoms with Crippen molar-refractivity contribution >= 4 is 17.5 Å². The summed E-state index contributed by atoms with van der Waals surface area (Å²) < 4.78 is 5.40. The largest absolute Gasteiger partial charge is 0.467 e. The first-order chi connectivity index (χ1) is 11.2. The number of hydrogen-bond acceptors (Lipinski definition) is 3. The van der Waals surface area contributed by atoms with Crippen molar-refractivity contribution in [2.24, 2.45) is 0 Å². The van der Waals surface area contributed by atoms with Crippen LogP contribution in [0.15, 0.2) is 53.1 Å². The van der Waals surface area contributed by atoms with Crippen molar-refractivity contribution < 1.29 is 14.0 Å². The second-order valence-corrected chi connectivity index (χ2v) is 5.71. The van der Waals surface area contributed by atoms with Crippen molar-refractivity contribution in [2.75, 3.05) is 11.4 Å². The van der Waals surface area contributed by atoms with E-state index in [-0.39, 0.29) is 17.9 Å². The molecular weight excluding hydrogens is 292 g/mol. The van der Waals surface area contributed by atoms with Gasteiger partial charge >= 0.3 is 0 Å². The van der Waals surface area contributed by atoms with Gasteiger partial charge in [-0.2, -0.15) is 0 Å². The predicted molar refractivity (Wildman–Crippen MR) is 86.7 cm³/mol. The lowest BCUT2D eigenvalue weighted by atomic mass is 10.1. The average molecular weight is 312 g/mol. The third-order valence-corrected chi connectivity index (χ3v) is 4.17. The number of likely N-dealkylation sites (tertiary alicyclic amines) is 1. The molecule has 0 aliphatic carbocycles. The number of amides is 2. The summed E-state index contributed by atoms with van der Waals surface area (Å²) >= 11 is 0. The van der Waals surface area contributed by atoms with Gasteiger partial charge in [-0.05, 0) is 37.1 Å². The summed E-state index contributed by atoms with van der Waals surface area (Å²) in [6.45, 7) is 2.53. The molecule has 1 saturated heterocycles. The SMILES string of the molecule is CC(=O)N1CCC[C@H]1C(=O)N(Cc1ccco1)c1ccccc1. The molecule has 120 valence electrons. The van der Waals surface area contributed by atoms with Crippen LogP contribution in [-0.2, 0) is 16.1 Å². The maximum absolute atomic E-state index is 13.1. The Morgan fingerprint density at radius 2 is 2.00 bits per heavy atom. The molecule has 23 heavy (non-hydrogen) atoms. The first-order valence-corrected chi connectivity index (χ1v) is 7.83. The molecule has 1 aliphatic heterocycles. The zero-order valence-electron chi connectivity index (χ0n) is 13.1. The fourth-order valence-corrected chi connectivity index (χ4v) is 3.04. The smallest absolute Gasteiger partial charge is 0.250 e. The van der Waals surface area contributed by atoms with Crippen LogP contribution in [-0.4, -0.2) is 29.3 Å². The van der Waals surface area contributed by atoms with Gasteiger partial charge in [-0.25, -0.2) is 0 Å². The lowest BCUT2D eigenvalue weighted by Gasteiger charge is -2.29. The first-order valence-electron chi connectivity index (χ1n) is 7.83. The Morgan fingerprint density at radius 1 is 1.22 bits per heavy atom. The Morgan fingerprint density at radius 3 is 2.65 bits per heavy atom. The number of furan rings is 1. The Bertz CT molecular complexity index is 667. The zero-order chi connectivity index (χ0) is 16.2. The zero-order valence-corrected chi connectivity index (χ0v) is 13.1. The third-order valence-electron chi connectivity index (χ3n) is 4.17. The van der Waals surface area contributed by atoms with E-state index >= 15 is 0 Å². The number of nitrogens with zero attached hydrogens (tertiary/aromatic N) is 2. The van der Waals surface area contributed by atoms with Crippen molar-refractivity contribution in [3.63, 3.8) is 0 Å². The van der Waals surface area contributed by atoms with Gasteiger partial charge in [0.2, 0.25) is 11.8 Å². The number of hydrogen-bond donors (Lipinski definition) is 0. The molecule has 1 aliphatic rings. The molecule has 1 aromatic carbocycles. The van der Waals surface area contributed by atoms with Gasteiger partial charge in [-0.1, -0.05) is 18.2 Å². The van der Waals surface area contributed by atoms with Gasteiger partial charge in [0, 0.05) is 19.2 Å². The van der Waals surface area contributed by atoms with E-state index in [2.05, 4.69) is 0 Å². The Labute approximate surface area is 135 Å². The fourth-order valence-electron chi connectivity index (χ4n) is 3.04. The predicted octanol–water partition coefficient (Wildman–Crippen LogP) is 2.82. The van der Waals surface area contributed by atoms with Crippen LogP contribution in [0.3, 0.4) is 0 Å². The molecule has 5 heteroatoms. The van der Waals surface area contributed by atoms with E-state index < -0.39 is 0 Å². The average Bonchev–Trinajstić information content (AvgIpc) is 3.24. The fraction of sp³-hybridized carbons (Fsp3) is 0.333. The van der Waals surface area contributed by atoms with Crippen LogP contribution >= 0.6 is 0 Å². The van der Waals surface area contributed by atoms with Gasteiger partial charge in [-0.3, -0.25) is 9.59 Å². The number of rotatable bonds is 4. The number of carbonyl (C=O) groups excluding carboxylic acids is 2. The molecule has 2 amide bonds. The van der Waals surface area contributed by atoms with E-state index in [0.29, 0.717) is 19.5 Å². The molecule has 2 heterocycles.